The van der Waals surface area contributed by atoms with Crippen LogP contribution in [0, 0.1) is 0 Å². The minimum absolute atomic E-state index is 0. The van der Waals surface area contributed by atoms with E-state index in [0.717, 1.165) is 0 Å². The van der Waals surface area contributed by atoms with Gasteiger partial charge in [0.05, 0.1) is 0 Å². The van der Waals surface area contributed by atoms with Crippen LogP contribution in [0.1, 0.15) is 0 Å². The zero-order valence-corrected chi connectivity index (χ0v) is 10.6. The molecule has 0 fully saturated rings. The first kappa shape index (κ1) is 54.8. The average Bonchev–Trinajstić information content (AvgIpc) is 0. The topological polar surface area (TPSA) is 0 Å². The molecule has 0 aliphatic carbocycles. The van der Waals surface area contributed by atoms with Crippen LogP contribution in [0.25, 0.3) is 0 Å². The van der Waals surface area contributed by atoms with E-state index in [-0.39, 0.29) is 70.7 Å². The second-order valence-electron chi connectivity index (χ2n) is 0. The SMILES string of the molecule is Br.Br.Br.P.P. The predicted molar refractivity (Wildman–Crippen MR) is 53.2 cm³/mol. The summed E-state index contributed by atoms with van der Waals surface area (Å²) in [6.07, 6.45) is 0. The van der Waals surface area contributed by atoms with E-state index in [4.69, 9.17) is 0 Å². The summed E-state index contributed by atoms with van der Waals surface area (Å²) in [7, 11) is 0. The van der Waals surface area contributed by atoms with Gasteiger partial charge in [0.15, 0.2) is 0 Å². The largest absolute Gasteiger partial charge is 0.153 e. The minimum Gasteiger partial charge on any atom is -0.153 e. The Labute approximate surface area is 70.4 Å². The maximum Gasteiger partial charge on any atom is -0.114 e. The predicted octanol–water partition coefficient (Wildman–Crippen LogP) is 1.85. The molecule has 0 radical (unpaired) electrons. The van der Waals surface area contributed by atoms with Crippen molar-refractivity contribution in [2.75, 3.05) is 0 Å². The molecule has 0 aromatic rings. The van der Waals surface area contributed by atoms with E-state index in [1.165, 1.54) is 0 Å². The summed E-state index contributed by atoms with van der Waals surface area (Å²) in [5, 5.41) is 0. The molecule has 0 nitrogen and oxygen atoms in total. The van der Waals surface area contributed by atoms with Gasteiger partial charge < -0.3 is 0 Å². The molecule has 5 heavy (non-hydrogen) atoms. The number of rotatable bonds is 0. The van der Waals surface area contributed by atoms with E-state index >= 15 is 0 Å². The van der Waals surface area contributed by atoms with Gasteiger partial charge in [0.2, 0.25) is 0 Å². The average molecular weight is 311 g/mol. The lowest BCUT2D eigenvalue weighted by Crippen LogP contribution is 0.845. The van der Waals surface area contributed by atoms with E-state index in [2.05, 4.69) is 0 Å². The molecule has 0 heterocycles. The van der Waals surface area contributed by atoms with Gasteiger partial charge in [-0.3, -0.25) is 0 Å². The third-order valence-electron chi connectivity index (χ3n) is 0. The molecule has 0 amide bonds. The van der Waals surface area contributed by atoms with Crippen molar-refractivity contribution in [1.29, 1.82) is 0 Å². The summed E-state index contributed by atoms with van der Waals surface area (Å²) < 4.78 is 0. The standard InChI is InChI=1S/3BrH.2H3P/h3*1H;2*1H3. The third kappa shape index (κ3) is 22.0. The fraction of sp³-hybridized carbons (Fsp3) is 0. The van der Waals surface area contributed by atoms with Crippen LogP contribution in [-0.2, 0) is 0 Å². The van der Waals surface area contributed by atoms with Gasteiger partial charge in [0.25, 0.3) is 0 Å². The van der Waals surface area contributed by atoms with E-state index in [9.17, 15) is 0 Å². The van der Waals surface area contributed by atoms with Crippen LogP contribution in [-0.4, -0.2) is 0 Å². The van der Waals surface area contributed by atoms with Crippen molar-refractivity contribution >= 4 is 70.7 Å². The first-order chi connectivity index (χ1) is 0. The fourth-order valence-electron chi connectivity index (χ4n) is 0. The molecule has 0 bridgehead atoms. The Morgan fingerprint density at radius 2 is 0.400 bits per heavy atom. The van der Waals surface area contributed by atoms with Gasteiger partial charge in [-0.05, 0) is 0 Å². The number of hydrogen-bond acceptors (Lipinski definition) is 0. The van der Waals surface area contributed by atoms with Crippen LogP contribution < -0.4 is 0 Å². The third-order valence-corrected chi connectivity index (χ3v) is 0. The molecule has 2 unspecified atom stereocenters. The Hall–Kier alpha value is 2.30. The van der Waals surface area contributed by atoms with Crippen molar-refractivity contribution in [2.45, 2.75) is 0 Å². The molecule has 0 aliphatic rings. The fourth-order valence-corrected chi connectivity index (χ4v) is 0. The van der Waals surface area contributed by atoms with Crippen molar-refractivity contribution < 1.29 is 0 Å². The molecule has 40 valence electrons. The van der Waals surface area contributed by atoms with Crippen LogP contribution in [0.4, 0.5) is 0 Å². The van der Waals surface area contributed by atoms with Crippen LogP contribution in [0.2, 0.25) is 0 Å². The minimum atomic E-state index is 0. The van der Waals surface area contributed by atoms with Gasteiger partial charge in [-0.1, -0.05) is 0 Å². The molecule has 0 saturated carbocycles. The zero-order valence-electron chi connectivity index (χ0n) is 2.64. The smallest absolute Gasteiger partial charge is 0.114 e. The highest BCUT2D eigenvalue weighted by Crippen LogP contribution is 0.863. The van der Waals surface area contributed by atoms with Crippen molar-refractivity contribution in [3.8, 4) is 0 Å². The highest BCUT2D eigenvalue weighted by molar-refractivity contribution is 8.93. The molecule has 0 rings (SSSR count). The first-order valence-electron chi connectivity index (χ1n) is 0. The van der Waals surface area contributed by atoms with Gasteiger partial charge in [-0.15, -0.1) is 50.9 Å². The van der Waals surface area contributed by atoms with E-state index in [1.54, 1.807) is 0 Å². The normalized spacial score (nSPS) is 0. The number of halogens is 3. The Balaban J connectivity index is 0. The molecular weight excluding hydrogens is 302 g/mol. The molecule has 0 aromatic carbocycles. The summed E-state index contributed by atoms with van der Waals surface area (Å²) in [4.78, 5) is 0. The van der Waals surface area contributed by atoms with Crippen molar-refractivity contribution in [3.05, 3.63) is 0 Å². The van der Waals surface area contributed by atoms with Crippen molar-refractivity contribution in [2.24, 2.45) is 0 Å². The summed E-state index contributed by atoms with van der Waals surface area (Å²) in [5.74, 6) is 0. The first-order valence-corrected chi connectivity index (χ1v) is 0. The van der Waals surface area contributed by atoms with Crippen molar-refractivity contribution in [1.82, 2.24) is 0 Å². The Bertz CT molecular complexity index is 4.85. The molecule has 0 saturated heterocycles. The Morgan fingerprint density at radius 3 is 0.400 bits per heavy atom. The monoisotopic (exact) mass is 308 g/mol. The molecule has 0 aromatic heterocycles. The van der Waals surface area contributed by atoms with Crippen LogP contribution in [0.5, 0.6) is 0 Å². The maximum atomic E-state index is 0. The van der Waals surface area contributed by atoms with Crippen LogP contribution >= 0.6 is 70.7 Å². The molecule has 0 spiro atoms. The Morgan fingerprint density at radius 1 is 0.400 bits per heavy atom. The van der Waals surface area contributed by atoms with Gasteiger partial charge in [-0.25, -0.2) is 0 Å². The molecule has 0 aliphatic heterocycles. The maximum absolute atomic E-state index is 0. The van der Waals surface area contributed by atoms with Crippen LogP contribution in [0.15, 0.2) is 0 Å². The molecule has 5 heteroatoms. The molecule has 2 atom stereocenters. The summed E-state index contributed by atoms with van der Waals surface area (Å²) in [6, 6.07) is 0. The lowest BCUT2D eigenvalue weighted by molar-refractivity contribution is 6.92. The number of hydrogen-bond donors (Lipinski definition) is 0. The van der Waals surface area contributed by atoms with Gasteiger partial charge >= 0.3 is 0 Å². The van der Waals surface area contributed by atoms with Gasteiger partial charge in [-0.2, -0.15) is 19.8 Å². The molecular formula is H9Br3P2. The van der Waals surface area contributed by atoms with Gasteiger partial charge in [0, 0.05) is 0 Å². The highest BCUT2D eigenvalue weighted by atomic mass is 79.9. The molecule has 0 N–H and O–H groups in total. The quantitative estimate of drug-likeness (QED) is 0.599. The zero-order chi connectivity index (χ0) is 0. The van der Waals surface area contributed by atoms with E-state index < -0.39 is 0 Å². The second-order valence-corrected chi connectivity index (χ2v) is 0. The van der Waals surface area contributed by atoms with E-state index in [0.29, 0.717) is 0 Å². The second kappa shape index (κ2) is 33.5. The summed E-state index contributed by atoms with van der Waals surface area (Å²) >= 11 is 0. The lowest BCUT2D eigenvalue weighted by atomic mass is 31.0. The lowest BCUT2D eigenvalue weighted by Gasteiger charge is -0.154. The van der Waals surface area contributed by atoms with Gasteiger partial charge in [0.1, 0.15) is 0 Å². The summed E-state index contributed by atoms with van der Waals surface area (Å²) in [5.41, 5.74) is 0. The van der Waals surface area contributed by atoms with Crippen LogP contribution in [0.3, 0.4) is 0 Å². The van der Waals surface area contributed by atoms with Crippen molar-refractivity contribution in [3.63, 3.8) is 0 Å². The highest BCUT2D eigenvalue weighted by Gasteiger charge is -0.111. The van der Waals surface area contributed by atoms with E-state index in [1.807, 2.05) is 0 Å². The summed E-state index contributed by atoms with van der Waals surface area (Å²) in [6.45, 7) is 0. The Kier molecular flexibility index (Phi) is 366.